The molecular formula is C22H37IN4. The van der Waals surface area contributed by atoms with Crippen LogP contribution >= 0.6 is 24.0 Å². The maximum Gasteiger partial charge on any atom is 0.193 e. The molecule has 2 heterocycles. The Kier molecular flexibility index (Phi) is 9.90. The highest BCUT2D eigenvalue weighted by atomic mass is 127. The number of likely N-dealkylation sites (tertiary alicyclic amines) is 2. The lowest BCUT2D eigenvalue weighted by Crippen LogP contribution is -2.45. The van der Waals surface area contributed by atoms with Crippen molar-refractivity contribution in [3.8, 4) is 0 Å². The number of nitrogens with one attached hydrogen (secondary N) is 1. The van der Waals surface area contributed by atoms with Crippen molar-refractivity contribution < 1.29 is 0 Å². The van der Waals surface area contributed by atoms with Crippen molar-refractivity contribution in [2.75, 3.05) is 45.8 Å². The summed E-state index contributed by atoms with van der Waals surface area (Å²) in [6.07, 6.45) is 5.03. The minimum atomic E-state index is 0. The summed E-state index contributed by atoms with van der Waals surface area (Å²) < 4.78 is 0. The molecule has 2 saturated heterocycles. The number of piperidine rings is 1. The number of hydrogen-bond donors (Lipinski definition) is 1. The quantitative estimate of drug-likeness (QED) is 0.378. The Bertz CT molecular complexity index is 555. The number of nitrogens with zero attached hydrogens (tertiary/aromatic N) is 3. The molecule has 152 valence electrons. The van der Waals surface area contributed by atoms with Gasteiger partial charge < -0.3 is 15.1 Å². The zero-order chi connectivity index (χ0) is 18.2. The summed E-state index contributed by atoms with van der Waals surface area (Å²) in [6.45, 7) is 12.4. The molecule has 3 rings (SSSR count). The van der Waals surface area contributed by atoms with E-state index in [0.29, 0.717) is 5.92 Å². The van der Waals surface area contributed by atoms with E-state index in [1.807, 2.05) is 0 Å². The molecule has 0 aromatic heterocycles. The molecular weight excluding hydrogens is 447 g/mol. The van der Waals surface area contributed by atoms with Gasteiger partial charge in [0.2, 0.25) is 0 Å². The Morgan fingerprint density at radius 3 is 2.56 bits per heavy atom. The number of rotatable bonds is 6. The van der Waals surface area contributed by atoms with Crippen LogP contribution in [0.4, 0.5) is 0 Å². The maximum atomic E-state index is 5.00. The fourth-order valence-electron chi connectivity index (χ4n) is 4.06. The first kappa shape index (κ1) is 22.5. The molecule has 4 nitrogen and oxygen atoms in total. The summed E-state index contributed by atoms with van der Waals surface area (Å²) in [5, 5.41) is 3.51. The monoisotopic (exact) mass is 484 g/mol. The van der Waals surface area contributed by atoms with Gasteiger partial charge in [0.05, 0.1) is 0 Å². The molecule has 1 aromatic rings. The molecule has 0 amide bonds. The minimum absolute atomic E-state index is 0. The molecule has 2 aliphatic heterocycles. The Morgan fingerprint density at radius 1 is 1.11 bits per heavy atom. The van der Waals surface area contributed by atoms with Crippen LogP contribution in [0.1, 0.15) is 38.7 Å². The number of benzene rings is 1. The SMILES string of the molecule is CCNC(=NCC1CCN(CCc2ccccc2)C1)N1CCC(C)CC1.I. The summed E-state index contributed by atoms with van der Waals surface area (Å²) in [5.74, 6) is 2.72. The van der Waals surface area contributed by atoms with Crippen LogP contribution in [0, 0.1) is 11.8 Å². The van der Waals surface area contributed by atoms with Crippen LogP contribution in [-0.4, -0.2) is 61.6 Å². The highest BCUT2D eigenvalue weighted by Crippen LogP contribution is 2.19. The zero-order valence-corrected chi connectivity index (χ0v) is 19.4. The number of halogens is 1. The van der Waals surface area contributed by atoms with E-state index in [4.69, 9.17) is 4.99 Å². The van der Waals surface area contributed by atoms with Crippen molar-refractivity contribution in [1.82, 2.24) is 15.1 Å². The van der Waals surface area contributed by atoms with Gasteiger partial charge in [0.1, 0.15) is 0 Å². The van der Waals surface area contributed by atoms with Crippen LogP contribution < -0.4 is 5.32 Å². The Balaban J connectivity index is 0.00000261. The van der Waals surface area contributed by atoms with Crippen LogP contribution in [-0.2, 0) is 6.42 Å². The maximum absolute atomic E-state index is 5.00. The van der Waals surface area contributed by atoms with E-state index in [2.05, 4.69) is 59.3 Å². The van der Waals surface area contributed by atoms with Gasteiger partial charge in [0.25, 0.3) is 0 Å². The van der Waals surface area contributed by atoms with Crippen LogP contribution in [0.5, 0.6) is 0 Å². The van der Waals surface area contributed by atoms with Gasteiger partial charge in [-0.3, -0.25) is 4.99 Å². The molecule has 0 spiro atoms. The third kappa shape index (κ3) is 7.26. The molecule has 0 aliphatic carbocycles. The molecule has 5 heteroatoms. The normalized spacial score (nSPS) is 21.9. The summed E-state index contributed by atoms with van der Waals surface area (Å²) in [5.41, 5.74) is 1.45. The van der Waals surface area contributed by atoms with E-state index >= 15 is 0 Å². The Morgan fingerprint density at radius 2 is 1.85 bits per heavy atom. The van der Waals surface area contributed by atoms with Crippen molar-refractivity contribution >= 4 is 29.9 Å². The molecule has 2 fully saturated rings. The predicted molar refractivity (Wildman–Crippen MR) is 126 cm³/mol. The molecule has 1 N–H and O–H groups in total. The summed E-state index contributed by atoms with van der Waals surface area (Å²) >= 11 is 0. The fourth-order valence-corrected chi connectivity index (χ4v) is 4.06. The first-order chi connectivity index (χ1) is 12.7. The molecule has 1 atom stereocenters. The lowest BCUT2D eigenvalue weighted by Gasteiger charge is -2.33. The van der Waals surface area contributed by atoms with E-state index in [1.54, 1.807) is 0 Å². The Hall–Kier alpha value is -0.820. The predicted octanol–water partition coefficient (Wildman–Crippen LogP) is 3.87. The highest BCUT2D eigenvalue weighted by Gasteiger charge is 2.23. The van der Waals surface area contributed by atoms with Gasteiger partial charge in [-0.25, -0.2) is 0 Å². The molecule has 0 radical (unpaired) electrons. The van der Waals surface area contributed by atoms with Gasteiger partial charge in [0.15, 0.2) is 5.96 Å². The Labute approximate surface area is 182 Å². The van der Waals surface area contributed by atoms with Gasteiger partial charge in [-0.1, -0.05) is 37.3 Å². The van der Waals surface area contributed by atoms with Crippen LogP contribution in [0.3, 0.4) is 0 Å². The molecule has 1 unspecified atom stereocenters. The van der Waals surface area contributed by atoms with E-state index in [9.17, 15) is 0 Å². The summed E-state index contributed by atoms with van der Waals surface area (Å²) in [4.78, 5) is 10.1. The standard InChI is InChI=1S/C22H36N4.HI/c1-3-23-22(26-15-9-19(2)10-16-26)24-17-21-12-14-25(18-21)13-11-20-7-5-4-6-8-20;/h4-8,19,21H,3,9-18H2,1-2H3,(H,23,24);1H. The number of aliphatic imine (C=N–C) groups is 1. The lowest BCUT2D eigenvalue weighted by atomic mass is 9.99. The van der Waals surface area contributed by atoms with E-state index in [1.165, 1.54) is 44.5 Å². The van der Waals surface area contributed by atoms with Crippen molar-refractivity contribution in [2.45, 2.75) is 39.5 Å². The fraction of sp³-hybridized carbons (Fsp3) is 0.682. The smallest absolute Gasteiger partial charge is 0.193 e. The van der Waals surface area contributed by atoms with Gasteiger partial charge in [-0.2, -0.15) is 0 Å². The van der Waals surface area contributed by atoms with Crippen molar-refractivity contribution in [3.05, 3.63) is 35.9 Å². The molecule has 0 saturated carbocycles. The van der Waals surface area contributed by atoms with Gasteiger partial charge in [0, 0.05) is 39.3 Å². The summed E-state index contributed by atoms with van der Waals surface area (Å²) in [6, 6.07) is 10.8. The zero-order valence-electron chi connectivity index (χ0n) is 17.1. The topological polar surface area (TPSA) is 30.9 Å². The number of guanidine groups is 1. The van der Waals surface area contributed by atoms with Gasteiger partial charge >= 0.3 is 0 Å². The first-order valence-corrected chi connectivity index (χ1v) is 10.5. The average Bonchev–Trinajstić information content (AvgIpc) is 3.13. The van der Waals surface area contributed by atoms with Crippen LogP contribution in [0.15, 0.2) is 35.3 Å². The third-order valence-electron chi connectivity index (χ3n) is 5.85. The van der Waals surface area contributed by atoms with E-state index < -0.39 is 0 Å². The summed E-state index contributed by atoms with van der Waals surface area (Å²) in [7, 11) is 0. The molecule has 1 aromatic carbocycles. The van der Waals surface area contributed by atoms with E-state index in [-0.39, 0.29) is 24.0 Å². The van der Waals surface area contributed by atoms with E-state index in [0.717, 1.165) is 44.5 Å². The van der Waals surface area contributed by atoms with Gasteiger partial charge in [-0.15, -0.1) is 24.0 Å². The molecule has 27 heavy (non-hydrogen) atoms. The first-order valence-electron chi connectivity index (χ1n) is 10.5. The average molecular weight is 484 g/mol. The van der Waals surface area contributed by atoms with Crippen LogP contribution in [0.25, 0.3) is 0 Å². The van der Waals surface area contributed by atoms with Crippen LogP contribution in [0.2, 0.25) is 0 Å². The third-order valence-corrected chi connectivity index (χ3v) is 5.85. The molecule has 0 bridgehead atoms. The van der Waals surface area contributed by atoms with Crippen molar-refractivity contribution in [3.63, 3.8) is 0 Å². The second-order valence-corrected chi connectivity index (χ2v) is 8.06. The largest absolute Gasteiger partial charge is 0.357 e. The highest BCUT2D eigenvalue weighted by molar-refractivity contribution is 14.0. The second kappa shape index (κ2) is 11.9. The molecule has 2 aliphatic rings. The van der Waals surface area contributed by atoms with Gasteiger partial charge in [-0.05, 0) is 56.6 Å². The number of hydrogen-bond acceptors (Lipinski definition) is 2. The second-order valence-electron chi connectivity index (χ2n) is 8.06. The van der Waals surface area contributed by atoms with Crippen molar-refractivity contribution in [1.29, 1.82) is 0 Å². The van der Waals surface area contributed by atoms with Crippen molar-refractivity contribution in [2.24, 2.45) is 16.8 Å². The lowest BCUT2D eigenvalue weighted by molar-refractivity contribution is 0.272. The minimum Gasteiger partial charge on any atom is -0.357 e.